The molecule has 0 bridgehead atoms. The number of nitrogens with one attached hydrogen (secondary N) is 4. The lowest BCUT2D eigenvalue weighted by Gasteiger charge is -2.28. The number of fused-ring (bicyclic) bond motifs is 2. The molecule has 4 aromatic rings. The van der Waals surface area contributed by atoms with Gasteiger partial charge in [-0.1, -0.05) is 19.9 Å². The first-order valence-corrected chi connectivity index (χ1v) is 11.6. The predicted octanol–water partition coefficient (Wildman–Crippen LogP) is 2.24. The molecular formula is C25H24N6O6. The molecule has 0 unspecified atom stereocenters. The normalized spacial score (nSPS) is 18.4. The standard InChI is InChI=1S/C23H18N6O6.C2H6/c1-34-14-3-2-11-9-29(20(31)15(11)6-14)10-23(21(32)25-22(33)26-23)17-5-12-4-13(8-24-19(12)35-17)16-7-18(30)28-27-16;1-2/h2-8H,9-10H2,1H3,(H2,27,28,30)(H2,25,26,32,33);1-2H3/t23-;/m0./s1. The van der Waals surface area contributed by atoms with Crippen molar-refractivity contribution in [2.75, 3.05) is 13.7 Å². The number of imide groups is 1. The topological polar surface area (TPSA) is 162 Å². The van der Waals surface area contributed by atoms with E-state index in [1.165, 1.54) is 24.3 Å². The summed E-state index contributed by atoms with van der Waals surface area (Å²) < 4.78 is 11.1. The number of hydrogen-bond acceptors (Lipinski definition) is 7. The average Bonchev–Trinajstić information content (AvgIpc) is 3.66. The van der Waals surface area contributed by atoms with Crippen molar-refractivity contribution >= 4 is 28.9 Å². The lowest BCUT2D eigenvalue weighted by atomic mass is 9.95. The van der Waals surface area contributed by atoms with Gasteiger partial charge in [0.05, 0.1) is 19.3 Å². The highest BCUT2D eigenvalue weighted by Gasteiger charge is 2.53. The van der Waals surface area contributed by atoms with Gasteiger partial charge in [0, 0.05) is 35.3 Å². The van der Waals surface area contributed by atoms with E-state index < -0.39 is 17.5 Å². The van der Waals surface area contributed by atoms with E-state index >= 15 is 0 Å². The summed E-state index contributed by atoms with van der Waals surface area (Å²) in [6.07, 6.45) is 1.52. The zero-order valence-corrected chi connectivity index (χ0v) is 20.3. The van der Waals surface area contributed by atoms with Crippen molar-refractivity contribution in [2.24, 2.45) is 0 Å². The Labute approximate surface area is 210 Å². The van der Waals surface area contributed by atoms with Crippen LogP contribution in [0, 0.1) is 0 Å². The molecule has 2 aliphatic heterocycles. The molecule has 1 aromatic carbocycles. The van der Waals surface area contributed by atoms with Gasteiger partial charge in [-0.05, 0) is 29.8 Å². The maximum absolute atomic E-state index is 13.1. The molecule has 2 aliphatic rings. The number of urea groups is 1. The highest BCUT2D eigenvalue weighted by molar-refractivity contribution is 6.08. The summed E-state index contributed by atoms with van der Waals surface area (Å²) in [7, 11) is 1.51. The molecular weight excluding hydrogens is 480 g/mol. The fraction of sp³-hybridized carbons (Fsp3) is 0.240. The van der Waals surface area contributed by atoms with Gasteiger partial charge in [0.25, 0.3) is 17.4 Å². The number of aromatic amines is 2. The van der Waals surface area contributed by atoms with E-state index in [-0.39, 0.29) is 36.0 Å². The third-order valence-corrected chi connectivity index (χ3v) is 6.27. The van der Waals surface area contributed by atoms with Gasteiger partial charge in [-0.2, -0.15) is 0 Å². The second kappa shape index (κ2) is 8.97. The highest BCUT2D eigenvalue weighted by atomic mass is 16.5. The van der Waals surface area contributed by atoms with Gasteiger partial charge in [0.15, 0.2) is 5.54 Å². The van der Waals surface area contributed by atoms with Crippen LogP contribution in [0.2, 0.25) is 0 Å². The number of carbonyl (C=O) groups is 3. The van der Waals surface area contributed by atoms with Crippen molar-refractivity contribution in [2.45, 2.75) is 25.9 Å². The predicted molar refractivity (Wildman–Crippen MR) is 132 cm³/mol. The molecule has 4 N–H and O–H groups in total. The van der Waals surface area contributed by atoms with Crippen LogP contribution >= 0.6 is 0 Å². The molecule has 0 saturated carbocycles. The van der Waals surface area contributed by atoms with Crippen molar-refractivity contribution in [1.82, 2.24) is 30.7 Å². The van der Waals surface area contributed by atoms with E-state index in [4.69, 9.17) is 9.15 Å². The van der Waals surface area contributed by atoms with E-state index in [0.29, 0.717) is 28.0 Å². The minimum Gasteiger partial charge on any atom is -0.497 e. The SMILES string of the molecule is CC.COc1ccc2c(c1)C(=O)N(C[C@@]1(c3cc4cc(-c5cc(=O)[nH][nH]5)cnc4o3)NC(=O)NC1=O)C2. The first-order valence-electron chi connectivity index (χ1n) is 11.6. The molecule has 12 nitrogen and oxygen atoms in total. The number of nitrogens with zero attached hydrogens (tertiary/aromatic N) is 2. The van der Waals surface area contributed by atoms with E-state index in [0.717, 1.165) is 5.56 Å². The number of pyridine rings is 1. The number of furan rings is 1. The monoisotopic (exact) mass is 504 g/mol. The summed E-state index contributed by atoms with van der Waals surface area (Å²) in [5, 5.41) is 10.7. The lowest BCUT2D eigenvalue weighted by Crippen LogP contribution is -2.52. The quantitative estimate of drug-likeness (QED) is 0.303. The molecule has 5 heterocycles. The van der Waals surface area contributed by atoms with Crippen LogP contribution in [-0.2, 0) is 16.9 Å². The lowest BCUT2D eigenvalue weighted by molar-refractivity contribution is -0.125. The smallest absolute Gasteiger partial charge is 0.322 e. The van der Waals surface area contributed by atoms with Gasteiger partial charge in [-0.15, -0.1) is 0 Å². The first-order chi connectivity index (χ1) is 17.9. The molecule has 1 atom stereocenters. The molecule has 0 aliphatic carbocycles. The number of aromatic nitrogens is 3. The maximum atomic E-state index is 13.1. The number of carbonyl (C=O) groups excluding carboxylic acids is 3. The summed E-state index contributed by atoms with van der Waals surface area (Å²) in [6.45, 7) is 4.10. The molecule has 12 heteroatoms. The molecule has 1 fully saturated rings. The average molecular weight is 505 g/mol. The van der Waals surface area contributed by atoms with Gasteiger partial charge in [-0.3, -0.25) is 29.9 Å². The van der Waals surface area contributed by atoms with Crippen molar-refractivity contribution in [1.29, 1.82) is 0 Å². The third-order valence-electron chi connectivity index (χ3n) is 6.27. The zero-order chi connectivity index (χ0) is 26.3. The summed E-state index contributed by atoms with van der Waals surface area (Å²) in [4.78, 5) is 55.6. The third kappa shape index (κ3) is 3.92. The van der Waals surface area contributed by atoms with E-state index in [1.54, 1.807) is 30.3 Å². The number of rotatable bonds is 5. The van der Waals surface area contributed by atoms with Crippen LogP contribution in [-0.4, -0.2) is 51.6 Å². The van der Waals surface area contributed by atoms with E-state index in [2.05, 4.69) is 25.8 Å². The maximum Gasteiger partial charge on any atom is 0.322 e. The molecule has 0 radical (unpaired) electrons. The Balaban J connectivity index is 0.00000137. The summed E-state index contributed by atoms with van der Waals surface area (Å²) in [5.41, 5.74) is 0.706. The number of H-pyrrole nitrogens is 2. The van der Waals surface area contributed by atoms with Crippen LogP contribution in [0.4, 0.5) is 4.79 Å². The largest absolute Gasteiger partial charge is 0.497 e. The first kappa shape index (κ1) is 23.9. The van der Waals surface area contributed by atoms with Gasteiger partial charge >= 0.3 is 6.03 Å². The van der Waals surface area contributed by atoms with Crippen molar-refractivity contribution in [3.8, 4) is 17.0 Å². The fourth-order valence-electron chi connectivity index (χ4n) is 4.51. The van der Waals surface area contributed by atoms with Crippen molar-refractivity contribution in [3.05, 3.63) is 69.8 Å². The molecule has 3 aromatic heterocycles. The van der Waals surface area contributed by atoms with Gasteiger partial charge in [-0.25, -0.2) is 9.78 Å². The molecule has 1 saturated heterocycles. The second-order valence-corrected chi connectivity index (χ2v) is 8.40. The summed E-state index contributed by atoms with van der Waals surface area (Å²) in [6, 6.07) is 9.23. The van der Waals surface area contributed by atoms with Crippen LogP contribution in [0.3, 0.4) is 0 Å². The Morgan fingerprint density at radius 3 is 2.57 bits per heavy atom. The number of methoxy groups -OCH3 is 1. The Bertz CT molecular complexity index is 1600. The van der Waals surface area contributed by atoms with Crippen molar-refractivity contribution < 1.29 is 23.5 Å². The summed E-state index contributed by atoms with van der Waals surface area (Å²) in [5.74, 6) is -0.258. The van der Waals surface area contributed by atoms with Gasteiger partial charge < -0.3 is 19.4 Å². The van der Waals surface area contributed by atoms with Gasteiger partial charge in [0.1, 0.15) is 11.5 Å². The Morgan fingerprint density at radius 2 is 1.89 bits per heavy atom. The van der Waals surface area contributed by atoms with Gasteiger partial charge in [0.2, 0.25) is 5.71 Å². The molecule has 0 spiro atoms. The second-order valence-electron chi connectivity index (χ2n) is 8.40. The van der Waals surface area contributed by atoms with Crippen LogP contribution in [0.5, 0.6) is 5.75 Å². The molecule has 190 valence electrons. The Kier molecular flexibility index (Phi) is 5.78. The minimum atomic E-state index is -1.65. The van der Waals surface area contributed by atoms with Crippen LogP contribution < -0.4 is 20.9 Å². The van der Waals surface area contributed by atoms with Crippen LogP contribution in [0.1, 0.15) is 35.5 Å². The van der Waals surface area contributed by atoms with Crippen LogP contribution in [0.15, 0.2) is 51.8 Å². The Hall–Kier alpha value is -4.87. The summed E-state index contributed by atoms with van der Waals surface area (Å²) >= 11 is 0. The fourth-order valence-corrected chi connectivity index (χ4v) is 4.51. The van der Waals surface area contributed by atoms with Crippen LogP contribution in [0.25, 0.3) is 22.4 Å². The highest BCUT2D eigenvalue weighted by Crippen LogP contribution is 2.35. The number of amides is 4. The molecule has 6 rings (SSSR count). The van der Waals surface area contributed by atoms with E-state index in [9.17, 15) is 19.2 Å². The van der Waals surface area contributed by atoms with Crippen molar-refractivity contribution in [3.63, 3.8) is 0 Å². The minimum absolute atomic E-state index is 0.129. The molecule has 37 heavy (non-hydrogen) atoms. The number of hydrogen-bond donors (Lipinski definition) is 4. The number of ether oxygens (including phenoxy) is 1. The Morgan fingerprint density at radius 1 is 1.08 bits per heavy atom. The zero-order valence-electron chi connectivity index (χ0n) is 20.3. The van der Waals surface area contributed by atoms with E-state index in [1.807, 2.05) is 13.8 Å². The molecule has 4 amide bonds. The number of benzene rings is 1.